The monoisotopic (exact) mass is 605 g/mol. The van der Waals surface area contributed by atoms with Crippen LogP contribution >= 0.6 is 11.6 Å². The number of carboxylic acids is 1. The van der Waals surface area contributed by atoms with E-state index in [4.69, 9.17) is 25.7 Å². The number of halogens is 3. The molecule has 5 heterocycles. The van der Waals surface area contributed by atoms with Crippen molar-refractivity contribution in [3.05, 3.63) is 93.7 Å². The van der Waals surface area contributed by atoms with Gasteiger partial charge in [0.05, 0.1) is 25.6 Å². The highest BCUT2D eigenvalue weighted by molar-refractivity contribution is 6.30. The summed E-state index contributed by atoms with van der Waals surface area (Å²) in [6.07, 6.45) is 3.80. The van der Waals surface area contributed by atoms with Gasteiger partial charge in [0.1, 0.15) is 22.7 Å². The summed E-state index contributed by atoms with van der Waals surface area (Å²) in [5, 5.41) is 9.74. The Morgan fingerprint density at radius 2 is 1.95 bits per heavy atom. The van der Waals surface area contributed by atoms with Crippen LogP contribution in [-0.4, -0.2) is 61.3 Å². The molecule has 0 amide bonds. The molecule has 7 rings (SSSR count). The number of rotatable bonds is 8. The number of benzene rings is 2. The van der Waals surface area contributed by atoms with Crippen molar-refractivity contribution in [1.82, 2.24) is 24.4 Å². The first kappa shape index (κ1) is 27.6. The number of nitrogens with zero attached hydrogens (tertiary/aromatic N) is 5. The Morgan fingerprint density at radius 3 is 2.67 bits per heavy atom. The van der Waals surface area contributed by atoms with Crippen LogP contribution in [-0.2, 0) is 24.2 Å². The molecule has 0 spiro atoms. The molecule has 1 atom stereocenters. The molecular weight excluding hydrogens is 580 g/mol. The van der Waals surface area contributed by atoms with Gasteiger partial charge in [0.25, 0.3) is 0 Å². The second kappa shape index (κ2) is 11.1. The molecule has 9 nitrogen and oxygen atoms in total. The van der Waals surface area contributed by atoms with E-state index in [1.54, 1.807) is 24.3 Å². The van der Waals surface area contributed by atoms with Crippen molar-refractivity contribution in [3.63, 3.8) is 0 Å². The number of hydrogen-bond donors (Lipinski definition) is 1. The Kier molecular flexibility index (Phi) is 7.16. The van der Waals surface area contributed by atoms with Crippen molar-refractivity contribution in [2.75, 3.05) is 19.7 Å². The molecule has 2 aliphatic heterocycles. The lowest BCUT2D eigenvalue weighted by Crippen LogP contribution is -2.33. The molecule has 1 saturated heterocycles. The predicted octanol–water partition coefficient (Wildman–Crippen LogP) is 5.87. The molecule has 3 aromatic heterocycles. The smallest absolute Gasteiger partial charge is 0.354 e. The van der Waals surface area contributed by atoms with Crippen molar-refractivity contribution in [2.24, 2.45) is 0 Å². The van der Waals surface area contributed by atoms with Gasteiger partial charge in [-0.2, -0.15) is 0 Å². The van der Waals surface area contributed by atoms with Gasteiger partial charge in [-0.15, -0.1) is 0 Å². The van der Waals surface area contributed by atoms with Crippen molar-refractivity contribution in [2.45, 2.75) is 38.5 Å². The molecule has 0 radical (unpaired) electrons. The molecule has 1 unspecified atom stereocenters. The van der Waals surface area contributed by atoms with Crippen LogP contribution < -0.4 is 0 Å². The van der Waals surface area contributed by atoms with E-state index < -0.39 is 17.6 Å². The summed E-state index contributed by atoms with van der Waals surface area (Å²) in [6, 6.07) is 10.6. The van der Waals surface area contributed by atoms with Crippen molar-refractivity contribution in [3.8, 4) is 0 Å². The first-order valence-electron chi connectivity index (χ1n) is 14.0. The lowest BCUT2D eigenvalue weighted by atomic mass is 9.98. The number of ether oxygens (including phenoxy) is 1. The van der Waals surface area contributed by atoms with E-state index in [0.717, 1.165) is 23.4 Å². The van der Waals surface area contributed by atoms with Crippen LogP contribution in [0.5, 0.6) is 0 Å². The number of imidazole rings is 1. The summed E-state index contributed by atoms with van der Waals surface area (Å²) in [5.41, 5.74) is 3.72. The highest BCUT2D eigenvalue weighted by Crippen LogP contribution is 2.33. The molecular formula is C31H26ClF2N5O4. The second-order valence-corrected chi connectivity index (χ2v) is 11.2. The zero-order chi connectivity index (χ0) is 29.7. The van der Waals surface area contributed by atoms with E-state index >= 15 is 0 Å². The second-order valence-electron chi connectivity index (χ2n) is 10.8. The fraction of sp³-hybridized carbons (Fsp3) is 0.290. The number of carbonyl (C=O) groups is 1. The van der Waals surface area contributed by atoms with E-state index in [1.807, 2.05) is 4.57 Å². The first-order chi connectivity index (χ1) is 20.8. The van der Waals surface area contributed by atoms with Gasteiger partial charge >= 0.3 is 5.97 Å². The highest BCUT2D eigenvalue weighted by Gasteiger charge is 2.25. The number of pyridine rings is 1. The Hall–Kier alpha value is -4.19. The molecule has 2 aromatic carbocycles. The van der Waals surface area contributed by atoms with Gasteiger partial charge in [-0.25, -0.2) is 28.5 Å². The van der Waals surface area contributed by atoms with Gasteiger partial charge < -0.3 is 18.8 Å². The number of fused-ring (bicyclic) bond motifs is 2. The summed E-state index contributed by atoms with van der Waals surface area (Å²) in [6.45, 7) is 3.12. The average Bonchev–Trinajstić information content (AvgIpc) is 3.54. The summed E-state index contributed by atoms with van der Waals surface area (Å²) in [5.74, 6) is -1.06. The maximum Gasteiger partial charge on any atom is 0.354 e. The Labute approximate surface area is 249 Å². The van der Waals surface area contributed by atoms with Gasteiger partial charge in [-0.1, -0.05) is 23.7 Å². The lowest BCUT2D eigenvalue weighted by molar-refractivity contribution is -0.0592. The van der Waals surface area contributed by atoms with E-state index in [2.05, 4.69) is 20.9 Å². The molecule has 1 fully saturated rings. The predicted molar refractivity (Wildman–Crippen MR) is 155 cm³/mol. The van der Waals surface area contributed by atoms with E-state index in [9.17, 15) is 18.7 Å². The third-order valence-electron chi connectivity index (χ3n) is 7.97. The number of hydrogen-bond acceptors (Lipinski definition) is 7. The fourth-order valence-electron chi connectivity index (χ4n) is 5.59. The van der Waals surface area contributed by atoms with Crippen LogP contribution in [0.4, 0.5) is 8.78 Å². The van der Waals surface area contributed by atoms with Crippen LogP contribution in [0.1, 0.15) is 46.2 Å². The van der Waals surface area contributed by atoms with Crippen molar-refractivity contribution in [1.29, 1.82) is 0 Å². The standard InChI is InChI=1S/C31H26ClF2N5O4/c32-19-2-1-18(23(34)14-19)13-27-37-28-22(33)4-3-21(29(28)43-27)17-7-10-38(11-8-17)16-26-35-24-5-6-25(31(40)41)36-30(24)39(26)15-20-9-12-42-20/h1-7,14,20H,8-13,15-16H2,(H,40,41). The van der Waals surface area contributed by atoms with Gasteiger partial charge in [0.2, 0.25) is 0 Å². The van der Waals surface area contributed by atoms with Crippen LogP contribution in [0.25, 0.3) is 27.8 Å². The minimum absolute atomic E-state index is 0.0280. The van der Waals surface area contributed by atoms with Crippen LogP contribution in [0.15, 0.2) is 53.0 Å². The van der Waals surface area contributed by atoms with Gasteiger partial charge in [0, 0.05) is 30.3 Å². The van der Waals surface area contributed by atoms with Crippen LogP contribution in [0, 0.1) is 11.6 Å². The zero-order valence-corrected chi connectivity index (χ0v) is 23.7. The molecule has 0 aliphatic carbocycles. The van der Waals surface area contributed by atoms with E-state index in [0.29, 0.717) is 66.5 Å². The summed E-state index contributed by atoms with van der Waals surface area (Å²) in [4.78, 5) is 27.3. The third-order valence-corrected chi connectivity index (χ3v) is 8.20. The van der Waals surface area contributed by atoms with Crippen LogP contribution in [0.2, 0.25) is 5.02 Å². The van der Waals surface area contributed by atoms with Gasteiger partial charge in [-0.05, 0) is 60.4 Å². The minimum Gasteiger partial charge on any atom is -0.477 e. The van der Waals surface area contributed by atoms with Crippen LogP contribution in [0.3, 0.4) is 0 Å². The number of carboxylic acid groups (broad SMARTS) is 1. The lowest BCUT2D eigenvalue weighted by Gasteiger charge is -2.29. The topological polar surface area (TPSA) is 107 Å². The maximum atomic E-state index is 14.7. The number of aromatic nitrogens is 4. The zero-order valence-electron chi connectivity index (χ0n) is 22.9. The Balaban J connectivity index is 1.13. The molecule has 43 heavy (non-hydrogen) atoms. The molecule has 12 heteroatoms. The largest absolute Gasteiger partial charge is 0.477 e. The van der Waals surface area contributed by atoms with Gasteiger partial charge in [-0.3, -0.25) is 4.90 Å². The average molecular weight is 606 g/mol. The fourth-order valence-corrected chi connectivity index (χ4v) is 5.75. The highest BCUT2D eigenvalue weighted by atomic mass is 35.5. The maximum absolute atomic E-state index is 14.7. The molecule has 5 aromatic rings. The molecule has 2 aliphatic rings. The van der Waals surface area contributed by atoms with Gasteiger partial charge in [0.15, 0.2) is 28.6 Å². The minimum atomic E-state index is -1.09. The molecule has 0 bridgehead atoms. The number of oxazole rings is 1. The number of aromatic carboxylic acids is 1. The SMILES string of the molecule is O=C(O)c1ccc2nc(CN3CC=C(c4ccc(F)c5nc(Cc6ccc(Cl)cc6F)oc45)CC3)n(CC3CCO3)c2n1. The Morgan fingerprint density at radius 1 is 1.09 bits per heavy atom. The molecule has 220 valence electrons. The normalized spacial score (nSPS) is 17.4. The quantitative estimate of drug-likeness (QED) is 0.234. The van der Waals surface area contributed by atoms with Crippen molar-refractivity contribution >= 4 is 45.4 Å². The molecule has 1 N–H and O–H groups in total. The first-order valence-corrected chi connectivity index (χ1v) is 14.3. The third kappa shape index (κ3) is 5.39. The van der Waals surface area contributed by atoms with Crippen molar-refractivity contribution < 1.29 is 27.8 Å². The summed E-state index contributed by atoms with van der Waals surface area (Å²) in [7, 11) is 0. The van der Waals surface area contributed by atoms with E-state index in [1.165, 1.54) is 18.2 Å². The summed E-state index contributed by atoms with van der Waals surface area (Å²) >= 11 is 5.87. The summed E-state index contributed by atoms with van der Waals surface area (Å²) < 4.78 is 42.7. The Bertz CT molecular complexity index is 1920. The molecule has 0 saturated carbocycles. The van der Waals surface area contributed by atoms with E-state index in [-0.39, 0.29) is 29.6 Å².